The summed E-state index contributed by atoms with van der Waals surface area (Å²) in [6.07, 6.45) is 2.99. The molecule has 0 bridgehead atoms. The molecule has 0 aliphatic heterocycles. The quantitative estimate of drug-likeness (QED) is 0.695. The summed E-state index contributed by atoms with van der Waals surface area (Å²) in [6, 6.07) is 6.01. The molecule has 0 N–H and O–H groups in total. The molecule has 1 aliphatic rings. The normalized spacial score (nSPS) is 21.4. The van der Waals surface area contributed by atoms with Crippen molar-refractivity contribution in [1.82, 2.24) is 0 Å². The van der Waals surface area contributed by atoms with Crippen LogP contribution in [0.3, 0.4) is 0 Å². The van der Waals surface area contributed by atoms with Crippen molar-refractivity contribution < 1.29 is 14.3 Å². The van der Waals surface area contributed by atoms with E-state index in [0.717, 1.165) is 30.6 Å². The van der Waals surface area contributed by atoms with E-state index in [1.54, 1.807) is 0 Å². The molecule has 0 spiro atoms. The van der Waals surface area contributed by atoms with Gasteiger partial charge in [-0.15, -0.1) is 0 Å². The number of ether oxygens (including phenoxy) is 2. The van der Waals surface area contributed by atoms with Gasteiger partial charge in [0.05, 0.1) is 13.2 Å². The molecule has 0 saturated heterocycles. The van der Waals surface area contributed by atoms with Gasteiger partial charge < -0.3 is 14.3 Å². The van der Waals surface area contributed by atoms with Crippen molar-refractivity contribution in [3.05, 3.63) is 23.8 Å². The van der Waals surface area contributed by atoms with Crippen LogP contribution in [0.5, 0.6) is 11.5 Å². The lowest BCUT2D eigenvalue weighted by molar-refractivity contribution is -0.108. The Morgan fingerprint density at radius 3 is 2.72 bits per heavy atom. The third-order valence-corrected chi connectivity index (χ3v) is 3.17. The molecular weight excluding hydrogens is 228 g/mol. The molecule has 2 atom stereocenters. The molecule has 1 aromatic rings. The van der Waals surface area contributed by atoms with Crippen molar-refractivity contribution in [2.45, 2.75) is 32.6 Å². The minimum atomic E-state index is 0.196. The highest BCUT2D eigenvalue weighted by molar-refractivity contribution is 5.62. The van der Waals surface area contributed by atoms with Crippen molar-refractivity contribution in [3.63, 3.8) is 0 Å². The summed E-state index contributed by atoms with van der Waals surface area (Å²) >= 11 is 0. The monoisotopic (exact) mass is 248 g/mol. The molecule has 2 rings (SSSR count). The first-order valence-electron chi connectivity index (χ1n) is 6.65. The van der Waals surface area contributed by atoms with Crippen LogP contribution >= 0.6 is 0 Å². The predicted molar refractivity (Wildman–Crippen MR) is 70.3 cm³/mol. The second-order valence-corrected chi connectivity index (χ2v) is 4.63. The van der Waals surface area contributed by atoms with Crippen LogP contribution in [0.1, 0.15) is 38.2 Å². The summed E-state index contributed by atoms with van der Waals surface area (Å²) in [5.74, 6) is 2.16. The van der Waals surface area contributed by atoms with Crippen LogP contribution in [0.2, 0.25) is 0 Å². The van der Waals surface area contributed by atoms with Crippen LogP contribution in [0.15, 0.2) is 18.2 Å². The van der Waals surface area contributed by atoms with Gasteiger partial charge >= 0.3 is 0 Å². The van der Waals surface area contributed by atoms with Crippen molar-refractivity contribution in [1.29, 1.82) is 0 Å². The van der Waals surface area contributed by atoms with Crippen LogP contribution < -0.4 is 9.47 Å². The fourth-order valence-corrected chi connectivity index (χ4v) is 2.10. The van der Waals surface area contributed by atoms with Crippen LogP contribution in [-0.2, 0) is 4.79 Å². The maximum atomic E-state index is 10.7. The van der Waals surface area contributed by atoms with E-state index < -0.39 is 0 Å². The van der Waals surface area contributed by atoms with E-state index >= 15 is 0 Å². The largest absolute Gasteiger partial charge is 0.490 e. The van der Waals surface area contributed by atoms with Crippen LogP contribution in [0, 0.1) is 5.92 Å². The Bertz CT molecular complexity index is 414. The SMILES string of the molecule is CCCOc1ccc(C2CC2C=O)cc1OCC. The summed E-state index contributed by atoms with van der Waals surface area (Å²) in [6.45, 7) is 5.35. The maximum absolute atomic E-state index is 10.7. The van der Waals surface area contributed by atoms with Gasteiger partial charge in [-0.25, -0.2) is 0 Å². The first-order valence-corrected chi connectivity index (χ1v) is 6.65. The first kappa shape index (κ1) is 12.9. The van der Waals surface area contributed by atoms with E-state index in [1.165, 1.54) is 5.56 Å². The summed E-state index contributed by atoms with van der Waals surface area (Å²) in [5, 5.41) is 0. The van der Waals surface area contributed by atoms with Gasteiger partial charge in [0.2, 0.25) is 0 Å². The Balaban J connectivity index is 2.14. The van der Waals surface area contributed by atoms with Gasteiger partial charge in [0, 0.05) is 5.92 Å². The maximum Gasteiger partial charge on any atom is 0.161 e. The minimum absolute atomic E-state index is 0.196. The van der Waals surface area contributed by atoms with Gasteiger partial charge in [0.15, 0.2) is 11.5 Å². The van der Waals surface area contributed by atoms with E-state index in [0.29, 0.717) is 19.1 Å². The Hall–Kier alpha value is -1.51. The van der Waals surface area contributed by atoms with Crippen LogP contribution in [-0.4, -0.2) is 19.5 Å². The molecule has 2 unspecified atom stereocenters. The topological polar surface area (TPSA) is 35.5 Å². The van der Waals surface area contributed by atoms with Crippen LogP contribution in [0.4, 0.5) is 0 Å². The molecule has 1 fully saturated rings. The molecule has 98 valence electrons. The van der Waals surface area contributed by atoms with E-state index in [1.807, 2.05) is 25.1 Å². The van der Waals surface area contributed by atoms with Crippen LogP contribution in [0.25, 0.3) is 0 Å². The Kier molecular flexibility index (Phi) is 4.24. The van der Waals surface area contributed by atoms with E-state index in [9.17, 15) is 4.79 Å². The molecular formula is C15H20O3. The lowest BCUT2D eigenvalue weighted by atomic mass is 10.1. The molecule has 0 heterocycles. The molecule has 3 nitrogen and oxygen atoms in total. The molecule has 1 aromatic carbocycles. The zero-order valence-electron chi connectivity index (χ0n) is 11.0. The van der Waals surface area contributed by atoms with Crippen molar-refractivity contribution in [3.8, 4) is 11.5 Å². The fraction of sp³-hybridized carbons (Fsp3) is 0.533. The van der Waals surface area contributed by atoms with Gasteiger partial charge in [-0.1, -0.05) is 13.0 Å². The zero-order chi connectivity index (χ0) is 13.0. The predicted octanol–water partition coefficient (Wildman–Crippen LogP) is 3.18. The third kappa shape index (κ3) is 2.84. The van der Waals surface area contributed by atoms with Crippen molar-refractivity contribution in [2.75, 3.05) is 13.2 Å². The number of aldehydes is 1. The first-order chi connectivity index (χ1) is 8.80. The number of carbonyl (C=O) groups excluding carboxylic acids is 1. The number of hydrogen-bond acceptors (Lipinski definition) is 3. The highest BCUT2D eigenvalue weighted by atomic mass is 16.5. The minimum Gasteiger partial charge on any atom is -0.490 e. The van der Waals surface area contributed by atoms with E-state index in [2.05, 4.69) is 6.92 Å². The summed E-state index contributed by atoms with van der Waals surface area (Å²) in [4.78, 5) is 10.7. The Morgan fingerprint density at radius 2 is 2.11 bits per heavy atom. The van der Waals surface area contributed by atoms with E-state index in [4.69, 9.17) is 9.47 Å². The standard InChI is InChI=1S/C15H20O3/c1-3-7-18-14-6-5-11(9-15(14)17-4-2)13-8-12(13)10-16/h5-6,9-10,12-13H,3-4,7-8H2,1-2H3. The number of benzene rings is 1. The average Bonchev–Trinajstić information content (AvgIpc) is 3.17. The zero-order valence-corrected chi connectivity index (χ0v) is 11.0. The van der Waals surface area contributed by atoms with Gasteiger partial charge in [0.25, 0.3) is 0 Å². The molecule has 3 heteroatoms. The van der Waals surface area contributed by atoms with Gasteiger partial charge in [0.1, 0.15) is 6.29 Å². The summed E-state index contributed by atoms with van der Waals surface area (Å²) in [7, 11) is 0. The molecule has 0 amide bonds. The Labute approximate surface area is 108 Å². The van der Waals surface area contributed by atoms with Gasteiger partial charge in [-0.05, 0) is 43.4 Å². The molecule has 0 aromatic heterocycles. The Morgan fingerprint density at radius 1 is 1.28 bits per heavy atom. The van der Waals surface area contributed by atoms with Gasteiger partial charge in [-0.2, -0.15) is 0 Å². The number of rotatable bonds is 7. The molecule has 1 saturated carbocycles. The lowest BCUT2D eigenvalue weighted by Gasteiger charge is -2.12. The average molecular weight is 248 g/mol. The second kappa shape index (κ2) is 5.89. The van der Waals surface area contributed by atoms with Gasteiger partial charge in [-0.3, -0.25) is 0 Å². The second-order valence-electron chi connectivity index (χ2n) is 4.63. The summed E-state index contributed by atoms with van der Waals surface area (Å²) < 4.78 is 11.3. The highest BCUT2D eigenvalue weighted by Gasteiger charge is 2.38. The van der Waals surface area contributed by atoms with Crippen molar-refractivity contribution in [2.24, 2.45) is 5.92 Å². The smallest absolute Gasteiger partial charge is 0.161 e. The summed E-state index contributed by atoms with van der Waals surface area (Å²) in [5.41, 5.74) is 1.18. The highest BCUT2D eigenvalue weighted by Crippen LogP contribution is 2.47. The van der Waals surface area contributed by atoms with E-state index in [-0.39, 0.29) is 5.92 Å². The molecule has 1 aliphatic carbocycles. The third-order valence-electron chi connectivity index (χ3n) is 3.17. The number of hydrogen-bond donors (Lipinski definition) is 0. The molecule has 18 heavy (non-hydrogen) atoms. The fourth-order valence-electron chi connectivity index (χ4n) is 2.10. The lowest BCUT2D eigenvalue weighted by Crippen LogP contribution is -2.00. The molecule has 0 radical (unpaired) electrons. The number of carbonyl (C=O) groups is 1. The van der Waals surface area contributed by atoms with Crippen molar-refractivity contribution >= 4 is 6.29 Å².